The molecule has 0 spiro atoms. The third-order valence-electron chi connectivity index (χ3n) is 2.29. The number of nitrogens with one attached hydrogen (secondary N) is 1. The summed E-state index contributed by atoms with van der Waals surface area (Å²) in [5.74, 6) is 0.661. The van der Waals surface area contributed by atoms with E-state index in [-0.39, 0.29) is 11.9 Å². The van der Waals surface area contributed by atoms with Gasteiger partial charge in [0.25, 0.3) is 0 Å². The van der Waals surface area contributed by atoms with Gasteiger partial charge >= 0.3 is 0 Å². The van der Waals surface area contributed by atoms with Gasteiger partial charge in [-0.2, -0.15) is 0 Å². The number of hydrogen-bond acceptors (Lipinski definition) is 2. The van der Waals surface area contributed by atoms with Crippen molar-refractivity contribution >= 4 is 11.8 Å². The van der Waals surface area contributed by atoms with Crippen molar-refractivity contribution in [1.29, 1.82) is 0 Å². The summed E-state index contributed by atoms with van der Waals surface area (Å²) in [4.78, 5) is 0.701. The molecule has 0 radical (unpaired) electrons. The quantitative estimate of drug-likeness (QED) is 0.602. The van der Waals surface area contributed by atoms with E-state index in [4.69, 9.17) is 0 Å². The van der Waals surface area contributed by atoms with E-state index in [0.717, 1.165) is 17.9 Å². The summed E-state index contributed by atoms with van der Waals surface area (Å²) in [7, 11) is 0. The Balaban J connectivity index is 2.55. The standard InChI is InChI=1S/C13H18FNS/c1-4-15-12(10(2)3)9-16-13-8-6-5-7-11(13)14/h5-8,12,15H,2,4,9H2,1,3H3. The predicted molar refractivity (Wildman–Crippen MR) is 69.4 cm³/mol. The van der Waals surface area contributed by atoms with Crippen LogP contribution in [0.15, 0.2) is 41.3 Å². The van der Waals surface area contributed by atoms with Gasteiger partial charge in [-0.05, 0) is 25.6 Å². The molecular weight excluding hydrogens is 221 g/mol. The molecule has 1 aromatic rings. The minimum atomic E-state index is -0.149. The average molecular weight is 239 g/mol. The summed E-state index contributed by atoms with van der Waals surface area (Å²) in [6, 6.07) is 7.11. The first-order valence-corrected chi connectivity index (χ1v) is 6.39. The van der Waals surface area contributed by atoms with Crippen molar-refractivity contribution < 1.29 is 4.39 Å². The second-order valence-corrected chi connectivity index (χ2v) is 4.76. The van der Waals surface area contributed by atoms with Crippen molar-refractivity contribution in [1.82, 2.24) is 5.32 Å². The number of hydrogen-bond donors (Lipinski definition) is 1. The fourth-order valence-electron chi connectivity index (χ4n) is 1.36. The zero-order valence-electron chi connectivity index (χ0n) is 9.79. The molecule has 1 rings (SSSR count). The molecule has 0 heterocycles. The molecule has 1 N–H and O–H groups in total. The molecule has 0 aliphatic carbocycles. The van der Waals surface area contributed by atoms with Crippen LogP contribution in [0.5, 0.6) is 0 Å². The topological polar surface area (TPSA) is 12.0 Å². The van der Waals surface area contributed by atoms with Crippen LogP contribution < -0.4 is 5.32 Å². The van der Waals surface area contributed by atoms with Crippen LogP contribution in [0.25, 0.3) is 0 Å². The molecule has 0 aromatic heterocycles. The molecule has 0 fully saturated rings. The molecule has 0 aliphatic rings. The second kappa shape index (κ2) is 6.71. The molecular formula is C13H18FNS. The number of thioether (sulfide) groups is 1. The van der Waals surface area contributed by atoms with Crippen LogP contribution in [-0.2, 0) is 0 Å². The lowest BCUT2D eigenvalue weighted by Crippen LogP contribution is -2.31. The molecule has 1 nitrogen and oxygen atoms in total. The maximum Gasteiger partial charge on any atom is 0.136 e. The van der Waals surface area contributed by atoms with Crippen molar-refractivity contribution in [2.75, 3.05) is 12.3 Å². The van der Waals surface area contributed by atoms with Gasteiger partial charge in [0.2, 0.25) is 0 Å². The molecule has 3 heteroatoms. The SMILES string of the molecule is C=C(C)C(CSc1ccccc1F)NCC. The van der Waals surface area contributed by atoms with Crippen LogP contribution in [0, 0.1) is 5.82 Å². The van der Waals surface area contributed by atoms with Gasteiger partial charge in [0, 0.05) is 16.7 Å². The van der Waals surface area contributed by atoms with Crippen molar-refractivity contribution in [3.05, 3.63) is 42.2 Å². The number of benzene rings is 1. The zero-order chi connectivity index (χ0) is 12.0. The predicted octanol–water partition coefficient (Wildman–Crippen LogP) is 3.47. The lowest BCUT2D eigenvalue weighted by molar-refractivity contribution is 0.600. The Morgan fingerprint density at radius 1 is 1.50 bits per heavy atom. The summed E-state index contributed by atoms with van der Waals surface area (Å²) in [5.41, 5.74) is 1.09. The molecule has 16 heavy (non-hydrogen) atoms. The highest BCUT2D eigenvalue weighted by Crippen LogP contribution is 2.22. The molecule has 88 valence electrons. The Morgan fingerprint density at radius 2 is 2.19 bits per heavy atom. The first-order chi connectivity index (χ1) is 7.65. The maximum atomic E-state index is 13.4. The fourth-order valence-corrected chi connectivity index (χ4v) is 2.49. The Hall–Kier alpha value is -0.800. The van der Waals surface area contributed by atoms with E-state index in [1.165, 1.54) is 17.8 Å². The molecule has 1 aromatic carbocycles. The first kappa shape index (κ1) is 13.3. The molecule has 1 atom stereocenters. The summed E-state index contributed by atoms with van der Waals surface area (Å²) in [6.45, 7) is 8.89. The van der Waals surface area contributed by atoms with Gasteiger partial charge < -0.3 is 5.32 Å². The Bertz CT molecular complexity index is 352. The molecule has 0 aliphatic heterocycles. The third-order valence-corrected chi connectivity index (χ3v) is 3.43. The highest BCUT2D eigenvalue weighted by Gasteiger charge is 2.09. The third kappa shape index (κ3) is 3.99. The summed E-state index contributed by atoms with van der Waals surface area (Å²) in [5, 5.41) is 3.33. The second-order valence-electron chi connectivity index (χ2n) is 3.70. The summed E-state index contributed by atoms with van der Waals surface area (Å²) < 4.78 is 13.4. The minimum absolute atomic E-state index is 0.149. The van der Waals surface area contributed by atoms with E-state index >= 15 is 0 Å². The van der Waals surface area contributed by atoms with Gasteiger partial charge in [0.1, 0.15) is 5.82 Å². The number of rotatable bonds is 6. The van der Waals surface area contributed by atoms with Crippen LogP contribution in [0.1, 0.15) is 13.8 Å². The van der Waals surface area contributed by atoms with E-state index in [2.05, 4.69) is 18.8 Å². The fraction of sp³-hybridized carbons (Fsp3) is 0.385. The monoisotopic (exact) mass is 239 g/mol. The minimum Gasteiger partial charge on any atom is -0.310 e. The van der Waals surface area contributed by atoms with Gasteiger partial charge in [-0.1, -0.05) is 31.2 Å². The number of likely N-dealkylation sites (N-methyl/N-ethyl adjacent to an activating group) is 1. The summed E-state index contributed by atoms with van der Waals surface area (Å²) >= 11 is 1.53. The van der Waals surface area contributed by atoms with E-state index < -0.39 is 0 Å². The van der Waals surface area contributed by atoms with E-state index in [1.54, 1.807) is 12.1 Å². The molecule has 0 amide bonds. The van der Waals surface area contributed by atoms with Crippen molar-refractivity contribution in [3.8, 4) is 0 Å². The van der Waals surface area contributed by atoms with Crippen LogP contribution in [0.3, 0.4) is 0 Å². The van der Waals surface area contributed by atoms with Crippen LogP contribution >= 0.6 is 11.8 Å². The normalized spacial score (nSPS) is 12.4. The van der Waals surface area contributed by atoms with Crippen molar-refractivity contribution in [3.63, 3.8) is 0 Å². The van der Waals surface area contributed by atoms with Crippen LogP contribution in [-0.4, -0.2) is 18.3 Å². The largest absolute Gasteiger partial charge is 0.310 e. The average Bonchev–Trinajstić information content (AvgIpc) is 2.26. The lowest BCUT2D eigenvalue weighted by Gasteiger charge is -2.17. The van der Waals surface area contributed by atoms with E-state index in [1.807, 2.05) is 13.0 Å². The zero-order valence-corrected chi connectivity index (χ0v) is 10.6. The van der Waals surface area contributed by atoms with E-state index in [9.17, 15) is 4.39 Å². The first-order valence-electron chi connectivity index (χ1n) is 5.41. The lowest BCUT2D eigenvalue weighted by atomic mass is 10.2. The van der Waals surface area contributed by atoms with Crippen LogP contribution in [0.2, 0.25) is 0 Å². The highest BCUT2D eigenvalue weighted by atomic mass is 32.2. The number of halogens is 1. The molecule has 1 unspecified atom stereocenters. The summed E-state index contributed by atoms with van der Waals surface area (Å²) in [6.07, 6.45) is 0. The molecule has 0 bridgehead atoms. The van der Waals surface area contributed by atoms with Gasteiger partial charge in [0.15, 0.2) is 0 Å². The molecule has 0 saturated carbocycles. The van der Waals surface area contributed by atoms with Crippen molar-refractivity contribution in [2.45, 2.75) is 24.8 Å². The van der Waals surface area contributed by atoms with Gasteiger partial charge in [0.05, 0.1) is 0 Å². The van der Waals surface area contributed by atoms with Gasteiger partial charge in [-0.25, -0.2) is 4.39 Å². The van der Waals surface area contributed by atoms with Gasteiger partial charge in [-0.3, -0.25) is 0 Å². The Morgan fingerprint density at radius 3 is 2.75 bits per heavy atom. The molecule has 0 saturated heterocycles. The van der Waals surface area contributed by atoms with Crippen LogP contribution in [0.4, 0.5) is 4.39 Å². The Labute approximate surface area is 101 Å². The van der Waals surface area contributed by atoms with E-state index in [0.29, 0.717) is 4.90 Å². The maximum absolute atomic E-state index is 13.4. The highest BCUT2D eigenvalue weighted by molar-refractivity contribution is 7.99. The Kier molecular flexibility index (Phi) is 5.56. The van der Waals surface area contributed by atoms with Crippen molar-refractivity contribution in [2.24, 2.45) is 0 Å². The smallest absolute Gasteiger partial charge is 0.136 e. The van der Waals surface area contributed by atoms with Gasteiger partial charge in [-0.15, -0.1) is 11.8 Å².